The summed E-state index contributed by atoms with van der Waals surface area (Å²) in [6, 6.07) is 7.96. The molecule has 1 aliphatic heterocycles. The summed E-state index contributed by atoms with van der Waals surface area (Å²) < 4.78 is 2.01. The van der Waals surface area contributed by atoms with E-state index in [-0.39, 0.29) is 23.2 Å². The van der Waals surface area contributed by atoms with E-state index < -0.39 is 6.10 Å². The second-order valence-corrected chi connectivity index (χ2v) is 8.44. The first-order valence-corrected chi connectivity index (χ1v) is 10.3. The number of aliphatic hydroxyl groups excluding tert-OH is 1. The first kappa shape index (κ1) is 20.7. The van der Waals surface area contributed by atoms with E-state index in [1.165, 1.54) is 6.20 Å². The van der Waals surface area contributed by atoms with Crippen LogP contribution in [0.1, 0.15) is 39.3 Å². The maximum absolute atomic E-state index is 12.8. The number of halogens is 2. The Kier molecular flexibility index (Phi) is 5.46. The number of fused-ring (bicyclic) bond motifs is 1. The summed E-state index contributed by atoms with van der Waals surface area (Å²) in [6.07, 6.45) is 1.89. The topological polar surface area (TPSA) is 82.2 Å². The molecule has 6 nitrogen and oxygen atoms in total. The zero-order valence-electron chi connectivity index (χ0n) is 16.6. The average molecular weight is 443 g/mol. The molecule has 4 rings (SSSR count). The van der Waals surface area contributed by atoms with Gasteiger partial charge in [-0.15, -0.1) is 0 Å². The molecular weight excluding hydrogens is 423 g/mol. The van der Waals surface area contributed by atoms with Gasteiger partial charge >= 0.3 is 0 Å². The number of amides is 1. The Morgan fingerprint density at radius 1 is 1.37 bits per heavy atom. The molecule has 1 atom stereocenters. The van der Waals surface area contributed by atoms with Crippen LogP contribution in [0.4, 0.5) is 0 Å². The lowest BCUT2D eigenvalue weighted by atomic mass is 10.1. The van der Waals surface area contributed by atoms with E-state index in [1.807, 2.05) is 30.7 Å². The highest BCUT2D eigenvalue weighted by atomic mass is 35.5. The first-order chi connectivity index (χ1) is 14.3. The van der Waals surface area contributed by atoms with Crippen molar-refractivity contribution in [2.45, 2.75) is 25.9 Å². The predicted octanol–water partition coefficient (Wildman–Crippen LogP) is 3.86. The molecule has 1 saturated heterocycles. The average Bonchev–Trinajstić information content (AvgIpc) is 3.29. The molecule has 0 saturated carbocycles. The second-order valence-electron chi connectivity index (χ2n) is 7.65. The molecular formula is C22H20Cl2N4O2. The van der Waals surface area contributed by atoms with Gasteiger partial charge in [0.15, 0.2) is 0 Å². The van der Waals surface area contributed by atoms with Crippen molar-refractivity contribution in [3.63, 3.8) is 0 Å². The smallest absolute Gasteiger partial charge is 0.274 e. The van der Waals surface area contributed by atoms with Gasteiger partial charge in [0.25, 0.3) is 5.91 Å². The number of hydrogen-bond acceptors (Lipinski definition) is 4. The van der Waals surface area contributed by atoms with Gasteiger partial charge in [0.05, 0.1) is 27.8 Å². The lowest BCUT2D eigenvalue weighted by molar-refractivity contribution is 0.0759. The van der Waals surface area contributed by atoms with Crippen molar-refractivity contribution in [2.75, 3.05) is 13.1 Å². The van der Waals surface area contributed by atoms with Gasteiger partial charge in [0.2, 0.25) is 0 Å². The number of nitrogens with zero attached hydrogens (tertiary/aromatic N) is 4. The molecule has 3 heterocycles. The zero-order valence-corrected chi connectivity index (χ0v) is 18.1. The van der Waals surface area contributed by atoms with Crippen LogP contribution >= 0.6 is 23.2 Å². The number of pyridine rings is 1. The highest BCUT2D eigenvalue weighted by molar-refractivity contribution is 6.37. The number of benzene rings is 1. The fraction of sp³-hybridized carbons (Fsp3) is 0.318. The van der Waals surface area contributed by atoms with Crippen molar-refractivity contribution in [1.82, 2.24) is 14.5 Å². The molecule has 0 spiro atoms. The van der Waals surface area contributed by atoms with Gasteiger partial charge in [0.1, 0.15) is 5.69 Å². The predicted molar refractivity (Wildman–Crippen MR) is 116 cm³/mol. The van der Waals surface area contributed by atoms with Gasteiger partial charge in [-0.3, -0.25) is 4.79 Å². The number of likely N-dealkylation sites (tertiary alicyclic amines) is 1. The molecule has 0 aliphatic carbocycles. The van der Waals surface area contributed by atoms with Crippen LogP contribution in [-0.2, 0) is 13.5 Å². The summed E-state index contributed by atoms with van der Waals surface area (Å²) in [7, 11) is 1.93. The van der Waals surface area contributed by atoms with E-state index in [9.17, 15) is 15.2 Å². The Hall–Kier alpha value is -2.59. The number of aryl methyl sites for hydroxylation is 2. The van der Waals surface area contributed by atoms with Crippen LogP contribution in [0.2, 0.25) is 10.0 Å². The first-order valence-electron chi connectivity index (χ1n) is 9.59. The quantitative estimate of drug-likeness (QED) is 0.667. The van der Waals surface area contributed by atoms with Gasteiger partial charge < -0.3 is 14.6 Å². The molecule has 0 bridgehead atoms. The molecule has 1 amide bonds. The van der Waals surface area contributed by atoms with Gasteiger partial charge in [-0.05, 0) is 42.7 Å². The summed E-state index contributed by atoms with van der Waals surface area (Å²) in [5.74, 6) is -0.305. The lowest BCUT2D eigenvalue weighted by Crippen LogP contribution is -2.30. The van der Waals surface area contributed by atoms with Crippen LogP contribution in [-0.4, -0.2) is 44.7 Å². The number of aromatic nitrogens is 2. The standard InChI is InChI=1S/C22H20Cl2N4O2/c1-12-5-13(9-25)6-19-16(12)7-14(27(19)2)8-17-18(23)10-26-21(20(17)24)22(30)28-4-3-15(29)11-28/h5-7,10,15,29H,3-4,8,11H2,1-2H3. The molecule has 1 N–H and O–H groups in total. The molecule has 1 aliphatic rings. The van der Waals surface area contributed by atoms with E-state index in [2.05, 4.69) is 17.1 Å². The molecule has 154 valence electrons. The zero-order chi connectivity index (χ0) is 21.6. The minimum absolute atomic E-state index is 0.145. The largest absolute Gasteiger partial charge is 0.391 e. The van der Waals surface area contributed by atoms with Crippen LogP contribution in [0.15, 0.2) is 24.4 Å². The third kappa shape index (κ3) is 3.54. The number of nitriles is 1. The van der Waals surface area contributed by atoms with E-state index in [0.717, 1.165) is 22.2 Å². The number of β-amino-alcohol motifs (C(OH)–C–C–N with tert-alkyl or cyclic N) is 1. The third-order valence-corrected chi connectivity index (χ3v) is 6.41. The summed E-state index contributed by atoms with van der Waals surface area (Å²) in [5, 5.41) is 20.7. The van der Waals surface area contributed by atoms with Gasteiger partial charge in [-0.2, -0.15) is 5.26 Å². The lowest BCUT2D eigenvalue weighted by Gasteiger charge is -2.17. The summed E-state index contributed by atoms with van der Waals surface area (Å²) in [4.78, 5) is 18.6. The molecule has 1 unspecified atom stereocenters. The van der Waals surface area contributed by atoms with Crippen LogP contribution in [0.3, 0.4) is 0 Å². The van der Waals surface area contributed by atoms with Gasteiger partial charge in [-0.1, -0.05) is 23.2 Å². The Morgan fingerprint density at radius 3 is 2.80 bits per heavy atom. The summed E-state index contributed by atoms with van der Waals surface area (Å²) in [5.41, 5.74) is 4.29. The molecule has 0 radical (unpaired) electrons. The SMILES string of the molecule is Cc1cc(C#N)cc2c1cc(Cc1c(Cl)cnc(C(=O)N3CCC(O)C3)c1Cl)n2C. The van der Waals surface area contributed by atoms with Crippen molar-refractivity contribution >= 4 is 40.0 Å². The Morgan fingerprint density at radius 2 is 2.13 bits per heavy atom. The maximum Gasteiger partial charge on any atom is 0.274 e. The number of carbonyl (C=O) groups is 1. The molecule has 8 heteroatoms. The van der Waals surface area contributed by atoms with Crippen molar-refractivity contribution in [2.24, 2.45) is 7.05 Å². The van der Waals surface area contributed by atoms with Crippen LogP contribution in [0.25, 0.3) is 10.9 Å². The van der Waals surface area contributed by atoms with Crippen molar-refractivity contribution in [3.05, 3.63) is 62.5 Å². The van der Waals surface area contributed by atoms with E-state index >= 15 is 0 Å². The van der Waals surface area contributed by atoms with Crippen molar-refractivity contribution in [1.29, 1.82) is 5.26 Å². The Balaban J connectivity index is 1.73. The summed E-state index contributed by atoms with van der Waals surface area (Å²) >= 11 is 13.0. The molecule has 3 aromatic rings. The van der Waals surface area contributed by atoms with E-state index in [4.69, 9.17) is 23.2 Å². The third-order valence-electron chi connectivity index (χ3n) is 5.68. The molecule has 30 heavy (non-hydrogen) atoms. The van der Waals surface area contributed by atoms with E-state index in [0.29, 0.717) is 35.5 Å². The number of carbonyl (C=O) groups excluding carboxylic acids is 1. The second kappa shape index (κ2) is 7.92. The summed E-state index contributed by atoms with van der Waals surface area (Å²) in [6.45, 7) is 2.72. The van der Waals surface area contributed by atoms with Gasteiger partial charge in [0, 0.05) is 49.4 Å². The maximum atomic E-state index is 12.8. The van der Waals surface area contributed by atoms with Crippen LogP contribution in [0.5, 0.6) is 0 Å². The normalized spacial score (nSPS) is 16.3. The van der Waals surface area contributed by atoms with Gasteiger partial charge in [-0.25, -0.2) is 4.98 Å². The number of aliphatic hydroxyl groups is 1. The number of rotatable bonds is 3. The highest BCUT2D eigenvalue weighted by Gasteiger charge is 2.29. The highest BCUT2D eigenvalue weighted by Crippen LogP contribution is 2.32. The fourth-order valence-corrected chi connectivity index (χ4v) is 4.53. The number of hydrogen-bond donors (Lipinski definition) is 1. The molecule has 1 aromatic carbocycles. The Bertz CT molecular complexity index is 1210. The fourth-order valence-electron chi connectivity index (χ4n) is 3.97. The minimum atomic E-state index is -0.517. The van der Waals surface area contributed by atoms with E-state index in [1.54, 1.807) is 4.90 Å². The minimum Gasteiger partial charge on any atom is -0.391 e. The van der Waals surface area contributed by atoms with Crippen molar-refractivity contribution < 1.29 is 9.90 Å². The Labute approximate surface area is 184 Å². The van der Waals surface area contributed by atoms with Crippen molar-refractivity contribution in [3.8, 4) is 6.07 Å². The van der Waals surface area contributed by atoms with Crippen LogP contribution < -0.4 is 0 Å². The van der Waals surface area contributed by atoms with Crippen LogP contribution in [0, 0.1) is 18.3 Å². The molecule has 1 fully saturated rings. The monoisotopic (exact) mass is 442 g/mol. The molecule has 2 aromatic heterocycles.